The van der Waals surface area contributed by atoms with Crippen molar-refractivity contribution in [3.05, 3.63) is 47.3 Å². The van der Waals surface area contributed by atoms with Crippen LogP contribution in [0.3, 0.4) is 0 Å². The lowest BCUT2D eigenvalue weighted by Gasteiger charge is -2.29. The zero-order chi connectivity index (χ0) is 23.4. The molecular formula is C23H26N8OS. The second-order valence-corrected chi connectivity index (χ2v) is 9.00. The number of aromatic nitrogens is 3. The van der Waals surface area contributed by atoms with E-state index in [1.807, 2.05) is 19.1 Å². The van der Waals surface area contributed by atoms with Gasteiger partial charge in [-0.15, -0.1) is 0 Å². The molecule has 0 radical (unpaired) electrons. The Labute approximate surface area is 196 Å². The van der Waals surface area contributed by atoms with E-state index in [2.05, 4.69) is 48.9 Å². The fourth-order valence-electron chi connectivity index (χ4n) is 3.68. The number of carbonyl (C=O) groups is 1. The molecule has 1 aromatic carbocycles. The van der Waals surface area contributed by atoms with Crippen molar-refractivity contribution in [1.29, 1.82) is 5.26 Å². The van der Waals surface area contributed by atoms with Gasteiger partial charge < -0.3 is 20.9 Å². The maximum atomic E-state index is 12.6. The number of thiazole rings is 1. The second kappa shape index (κ2) is 9.94. The van der Waals surface area contributed by atoms with Crippen LogP contribution in [0.1, 0.15) is 34.5 Å². The molecule has 1 aliphatic heterocycles. The van der Waals surface area contributed by atoms with Gasteiger partial charge in [0.05, 0.1) is 22.3 Å². The lowest BCUT2D eigenvalue weighted by molar-refractivity contribution is 0.0917. The van der Waals surface area contributed by atoms with Gasteiger partial charge >= 0.3 is 0 Å². The average molecular weight is 463 g/mol. The van der Waals surface area contributed by atoms with E-state index in [9.17, 15) is 10.1 Å². The molecule has 0 saturated carbocycles. The highest BCUT2D eigenvalue weighted by Crippen LogP contribution is 2.33. The normalized spacial score (nSPS) is 14.5. The van der Waals surface area contributed by atoms with E-state index in [4.69, 9.17) is 0 Å². The topological polar surface area (TPSA) is 119 Å². The quantitative estimate of drug-likeness (QED) is 0.510. The van der Waals surface area contributed by atoms with Gasteiger partial charge in [-0.25, -0.2) is 15.0 Å². The SMILES string of the molecule is CNc1nc(C)c(-c2nc(Nc3ccc(C(=O)NC4CCN(C)CC4)cc3)ncc2C#N)s1. The van der Waals surface area contributed by atoms with Gasteiger partial charge in [0, 0.05) is 24.3 Å². The van der Waals surface area contributed by atoms with Crippen molar-refractivity contribution in [2.45, 2.75) is 25.8 Å². The molecule has 0 spiro atoms. The van der Waals surface area contributed by atoms with Crippen molar-refractivity contribution in [3.63, 3.8) is 0 Å². The molecule has 3 N–H and O–H groups in total. The van der Waals surface area contributed by atoms with E-state index in [1.54, 1.807) is 19.2 Å². The number of benzene rings is 1. The third-order valence-corrected chi connectivity index (χ3v) is 6.77. The number of nitriles is 1. The summed E-state index contributed by atoms with van der Waals surface area (Å²) in [6.07, 6.45) is 3.44. The number of piperidine rings is 1. The second-order valence-electron chi connectivity index (χ2n) is 8.00. The standard InChI is InChI=1S/C23H26N8OS/c1-14-20(33-23(25-2)27-14)19-16(12-24)13-26-22(30-19)29-17-6-4-15(5-7-17)21(32)28-18-8-10-31(3)11-9-18/h4-7,13,18H,8-11H2,1-3H3,(H,25,27)(H,28,32)(H,26,29,30). The highest BCUT2D eigenvalue weighted by molar-refractivity contribution is 7.19. The van der Waals surface area contributed by atoms with Crippen LogP contribution in [0.5, 0.6) is 0 Å². The lowest BCUT2D eigenvalue weighted by atomic mass is 10.0. The minimum atomic E-state index is -0.0611. The highest BCUT2D eigenvalue weighted by Gasteiger charge is 2.19. The van der Waals surface area contributed by atoms with Gasteiger partial charge in [-0.05, 0) is 64.2 Å². The molecule has 1 saturated heterocycles. The monoisotopic (exact) mass is 462 g/mol. The summed E-state index contributed by atoms with van der Waals surface area (Å²) in [6.45, 7) is 3.88. The zero-order valence-corrected chi connectivity index (χ0v) is 19.7. The minimum Gasteiger partial charge on any atom is -0.365 e. The maximum absolute atomic E-state index is 12.6. The van der Waals surface area contributed by atoms with Gasteiger partial charge in [-0.1, -0.05) is 11.3 Å². The molecular weight excluding hydrogens is 436 g/mol. The van der Waals surface area contributed by atoms with Gasteiger partial charge in [0.15, 0.2) is 5.13 Å². The molecule has 10 heteroatoms. The summed E-state index contributed by atoms with van der Waals surface area (Å²) < 4.78 is 0. The van der Waals surface area contributed by atoms with Gasteiger partial charge in [0.2, 0.25) is 5.95 Å². The summed E-state index contributed by atoms with van der Waals surface area (Å²) in [4.78, 5) is 29.0. The molecule has 1 fully saturated rings. The summed E-state index contributed by atoms with van der Waals surface area (Å²) >= 11 is 1.44. The first kappa shape index (κ1) is 22.6. The van der Waals surface area contributed by atoms with E-state index in [0.717, 1.165) is 47.3 Å². The van der Waals surface area contributed by atoms with Crippen molar-refractivity contribution in [2.75, 3.05) is 37.8 Å². The van der Waals surface area contributed by atoms with Crippen molar-refractivity contribution in [1.82, 2.24) is 25.2 Å². The molecule has 0 bridgehead atoms. The first-order valence-corrected chi connectivity index (χ1v) is 11.6. The van der Waals surface area contributed by atoms with Crippen molar-refractivity contribution < 1.29 is 4.79 Å². The molecule has 2 aromatic heterocycles. The number of hydrogen-bond acceptors (Lipinski definition) is 9. The first-order chi connectivity index (χ1) is 16.0. The predicted octanol–water partition coefficient (Wildman–Crippen LogP) is 3.39. The summed E-state index contributed by atoms with van der Waals surface area (Å²) in [5.74, 6) is 0.306. The average Bonchev–Trinajstić information content (AvgIpc) is 3.21. The van der Waals surface area contributed by atoms with E-state index in [0.29, 0.717) is 22.8 Å². The van der Waals surface area contributed by atoms with Gasteiger partial charge in [0.1, 0.15) is 11.8 Å². The Kier molecular flexibility index (Phi) is 6.82. The Bertz CT molecular complexity index is 1180. The van der Waals surface area contributed by atoms with Crippen LogP contribution < -0.4 is 16.0 Å². The van der Waals surface area contributed by atoms with Crippen LogP contribution in [-0.4, -0.2) is 59.0 Å². The van der Waals surface area contributed by atoms with Gasteiger partial charge in [0.25, 0.3) is 5.91 Å². The van der Waals surface area contributed by atoms with Crippen LogP contribution in [-0.2, 0) is 0 Å². The number of nitrogens with zero attached hydrogens (tertiary/aromatic N) is 5. The number of likely N-dealkylation sites (tertiary alicyclic amines) is 1. The van der Waals surface area contributed by atoms with E-state index in [-0.39, 0.29) is 11.9 Å². The number of nitrogens with one attached hydrogen (secondary N) is 3. The summed E-state index contributed by atoms with van der Waals surface area (Å²) in [5.41, 5.74) is 3.08. The van der Waals surface area contributed by atoms with E-state index >= 15 is 0 Å². The van der Waals surface area contributed by atoms with E-state index in [1.165, 1.54) is 17.5 Å². The highest BCUT2D eigenvalue weighted by atomic mass is 32.1. The minimum absolute atomic E-state index is 0.0611. The Balaban J connectivity index is 1.47. The van der Waals surface area contributed by atoms with Crippen LogP contribution in [0.15, 0.2) is 30.5 Å². The smallest absolute Gasteiger partial charge is 0.251 e. The Morgan fingerprint density at radius 3 is 2.58 bits per heavy atom. The molecule has 1 aliphatic rings. The summed E-state index contributed by atoms with van der Waals surface area (Å²) in [7, 11) is 3.90. The largest absolute Gasteiger partial charge is 0.365 e. The van der Waals surface area contributed by atoms with Crippen LogP contribution >= 0.6 is 11.3 Å². The van der Waals surface area contributed by atoms with Gasteiger partial charge in [-0.2, -0.15) is 5.26 Å². The third kappa shape index (κ3) is 5.27. The van der Waals surface area contributed by atoms with Crippen molar-refractivity contribution >= 4 is 34.0 Å². The first-order valence-electron chi connectivity index (χ1n) is 10.8. The molecule has 4 rings (SSSR count). The summed E-state index contributed by atoms with van der Waals surface area (Å²) in [5, 5.41) is 19.6. The van der Waals surface area contributed by atoms with Crippen LogP contribution in [0.25, 0.3) is 10.6 Å². The number of hydrogen-bond donors (Lipinski definition) is 3. The van der Waals surface area contributed by atoms with Crippen LogP contribution in [0, 0.1) is 18.3 Å². The van der Waals surface area contributed by atoms with Gasteiger partial charge in [-0.3, -0.25) is 4.79 Å². The fourth-order valence-corrected chi connectivity index (χ4v) is 4.60. The Hall–Kier alpha value is -3.55. The molecule has 1 amide bonds. The zero-order valence-electron chi connectivity index (χ0n) is 18.8. The Morgan fingerprint density at radius 1 is 1.21 bits per heavy atom. The van der Waals surface area contributed by atoms with Crippen molar-refractivity contribution in [3.8, 4) is 16.6 Å². The Morgan fingerprint density at radius 2 is 1.94 bits per heavy atom. The molecule has 3 heterocycles. The molecule has 0 unspecified atom stereocenters. The number of aryl methyl sites for hydroxylation is 1. The molecule has 0 atom stereocenters. The number of rotatable bonds is 6. The molecule has 33 heavy (non-hydrogen) atoms. The van der Waals surface area contributed by atoms with Crippen molar-refractivity contribution in [2.24, 2.45) is 0 Å². The number of anilines is 3. The van der Waals surface area contributed by atoms with Crippen LogP contribution in [0.2, 0.25) is 0 Å². The predicted molar refractivity (Wildman–Crippen MR) is 130 cm³/mol. The maximum Gasteiger partial charge on any atom is 0.251 e. The number of carbonyl (C=O) groups excluding carboxylic acids is 1. The molecule has 3 aromatic rings. The molecule has 9 nitrogen and oxygen atoms in total. The molecule has 170 valence electrons. The fraction of sp³-hybridized carbons (Fsp3) is 0.348. The third-order valence-electron chi connectivity index (χ3n) is 5.59. The van der Waals surface area contributed by atoms with E-state index < -0.39 is 0 Å². The summed E-state index contributed by atoms with van der Waals surface area (Å²) in [6, 6.07) is 9.58. The molecule has 0 aliphatic carbocycles. The number of amides is 1. The van der Waals surface area contributed by atoms with Crippen LogP contribution in [0.4, 0.5) is 16.8 Å². The lowest BCUT2D eigenvalue weighted by Crippen LogP contribution is -2.43.